The summed E-state index contributed by atoms with van der Waals surface area (Å²) in [6.07, 6.45) is 0. The van der Waals surface area contributed by atoms with Gasteiger partial charge < -0.3 is 15.2 Å². The molecule has 3 rings (SSSR count). The molecule has 0 unspecified atom stereocenters. The fourth-order valence-electron chi connectivity index (χ4n) is 2.19. The third kappa shape index (κ3) is 5.42. The Morgan fingerprint density at radius 3 is 2.41 bits per heavy atom. The van der Waals surface area contributed by atoms with Gasteiger partial charge in [-0.1, -0.05) is 5.16 Å². The quantitative estimate of drug-likeness (QED) is 0.624. The van der Waals surface area contributed by atoms with Crippen LogP contribution >= 0.6 is 11.8 Å². The van der Waals surface area contributed by atoms with Crippen LogP contribution in [0, 0.1) is 12.7 Å². The first kappa shape index (κ1) is 18.7. The Labute approximate surface area is 159 Å². The normalized spacial score (nSPS) is 10.4. The summed E-state index contributed by atoms with van der Waals surface area (Å²) < 4.78 is 17.8. The SMILES string of the molecule is Cc1cc(NC(=O)CSc2ccc(NC(=O)c3ccc(F)cc3)cc2)no1. The molecule has 0 bridgehead atoms. The summed E-state index contributed by atoms with van der Waals surface area (Å²) in [5, 5.41) is 9.08. The minimum absolute atomic E-state index is 0.193. The number of anilines is 2. The van der Waals surface area contributed by atoms with Crippen LogP contribution < -0.4 is 10.6 Å². The van der Waals surface area contributed by atoms with E-state index in [1.54, 1.807) is 37.3 Å². The van der Waals surface area contributed by atoms with Crippen LogP contribution in [-0.4, -0.2) is 22.7 Å². The molecule has 0 fully saturated rings. The lowest BCUT2D eigenvalue weighted by Crippen LogP contribution is -2.14. The van der Waals surface area contributed by atoms with Crippen LogP contribution in [0.3, 0.4) is 0 Å². The van der Waals surface area contributed by atoms with Gasteiger partial charge in [-0.05, 0) is 55.5 Å². The Morgan fingerprint density at radius 2 is 1.78 bits per heavy atom. The second-order valence-corrected chi connectivity index (χ2v) is 6.69. The Kier molecular flexibility index (Phi) is 5.87. The highest BCUT2D eigenvalue weighted by Gasteiger charge is 2.08. The van der Waals surface area contributed by atoms with Crippen molar-refractivity contribution in [2.45, 2.75) is 11.8 Å². The number of hydrogen-bond donors (Lipinski definition) is 2. The van der Waals surface area contributed by atoms with Crippen LogP contribution in [0.1, 0.15) is 16.1 Å². The van der Waals surface area contributed by atoms with Crippen molar-refractivity contribution in [3.63, 3.8) is 0 Å². The van der Waals surface area contributed by atoms with E-state index in [0.717, 1.165) is 4.90 Å². The van der Waals surface area contributed by atoms with Gasteiger partial charge in [0.05, 0.1) is 5.75 Å². The zero-order valence-corrected chi connectivity index (χ0v) is 15.2. The molecule has 1 aromatic heterocycles. The van der Waals surface area contributed by atoms with Gasteiger partial charge in [-0.15, -0.1) is 11.8 Å². The predicted molar refractivity (Wildman–Crippen MR) is 101 cm³/mol. The average Bonchev–Trinajstić information content (AvgIpc) is 3.06. The summed E-state index contributed by atoms with van der Waals surface area (Å²) >= 11 is 1.36. The maximum Gasteiger partial charge on any atom is 0.255 e. The van der Waals surface area contributed by atoms with Crippen molar-refractivity contribution in [3.8, 4) is 0 Å². The van der Waals surface area contributed by atoms with Gasteiger partial charge >= 0.3 is 0 Å². The molecule has 0 aliphatic carbocycles. The Balaban J connectivity index is 1.50. The first-order valence-electron chi connectivity index (χ1n) is 8.02. The second kappa shape index (κ2) is 8.50. The van der Waals surface area contributed by atoms with Crippen LogP contribution in [0.2, 0.25) is 0 Å². The first-order chi connectivity index (χ1) is 13.0. The number of halogens is 1. The van der Waals surface area contributed by atoms with E-state index in [1.807, 2.05) is 0 Å². The molecule has 0 atom stereocenters. The van der Waals surface area contributed by atoms with E-state index in [1.165, 1.54) is 36.0 Å². The van der Waals surface area contributed by atoms with Crippen LogP contribution in [-0.2, 0) is 4.79 Å². The van der Waals surface area contributed by atoms with Crippen molar-refractivity contribution >= 4 is 35.1 Å². The molecule has 27 heavy (non-hydrogen) atoms. The largest absolute Gasteiger partial charge is 0.360 e. The third-order valence-corrected chi connectivity index (χ3v) is 4.50. The van der Waals surface area contributed by atoms with Crippen LogP contribution in [0.25, 0.3) is 0 Å². The predicted octanol–water partition coefficient (Wildman–Crippen LogP) is 4.11. The summed E-state index contributed by atoms with van der Waals surface area (Å²) in [6.45, 7) is 1.74. The van der Waals surface area contributed by atoms with Crippen LogP contribution in [0.15, 0.2) is 64.0 Å². The van der Waals surface area contributed by atoms with E-state index < -0.39 is 5.82 Å². The lowest BCUT2D eigenvalue weighted by atomic mass is 10.2. The molecule has 0 aliphatic heterocycles. The molecule has 0 radical (unpaired) electrons. The van der Waals surface area contributed by atoms with Gasteiger partial charge in [0, 0.05) is 22.2 Å². The first-order valence-corrected chi connectivity index (χ1v) is 9.01. The van der Waals surface area contributed by atoms with Crippen LogP contribution in [0.5, 0.6) is 0 Å². The maximum absolute atomic E-state index is 12.9. The molecule has 0 saturated carbocycles. The van der Waals surface area contributed by atoms with E-state index in [0.29, 0.717) is 22.8 Å². The molecule has 2 N–H and O–H groups in total. The van der Waals surface area contributed by atoms with Crippen molar-refractivity contribution < 1.29 is 18.5 Å². The van der Waals surface area contributed by atoms with Gasteiger partial charge in [-0.25, -0.2) is 4.39 Å². The highest BCUT2D eigenvalue weighted by Crippen LogP contribution is 2.21. The topological polar surface area (TPSA) is 84.2 Å². The molecular formula is C19H16FN3O3S. The second-order valence-electron chi connectivity index (χ2n) is 5.65. The van der Waals surface area contributed by atoms with Crippen molar-refractivity contribution in [2.75, 3.05) is 16.4 Å². The number of nitrogens with zero attached hydrogens (tertiary/aromatic N) is 1. The van der Waals surface area contributed by atoms with Gasteiger partial charge in [0.25, 0.3) is 5.91 Å². The summed E-state index contributed by atoms with van der Waals surface area (Å²) in [7, 11) is 0. The molecule has 138 valence electrons. The van der Waals surface area contributed by atoms with E-state index >= 15 is 0 Å². The zero-order valence-electron chi connectivity index (χ0n) is 14.4. The number of aryl methyl sites for hydroxylation is 1. The number of aromatic nitrogens is 1. The van der Waals surface area contributed by atoms with E-state index in [-0.39, 0.29) is 17.6 Å². The lowest BCUT2D eigenvalue weighted by molar-refractivity contribution is -0.113. The molecule has 0 saturated heterocycles. The van der Waals surface area contributed by atoms with E-state index in [2.05, 4.69) is 15.8 Å². The van der Waals surface area contributed by atoms with Gasteiger partial charge in [0.1, 0.15) is 11.6 Å². The molecule has 0 spiro atoms. The monoisotopic (exact) mass is 385 g/mol. The van der Waals surface area contributed by atoms with Crippen molar-refractivity contribution in [1.82, 2.24) is 5.16 Å². The Hall–Kier alpha value is -3.13. The van der Waals surface area contributed by atoms with Crippen molar-refractivity contribution in [3.05, 3.63) is 71.7 Å². The molecule has 3 aromatic rings. The smallest absolute Gasteiger partial charge is 0.255 e. The Morgan fingerprint density at radius 1 is 1.07 bits per heavy atom. The van der Waals surface area contributed by atoms with Crippen molar-refractivity contribution in [2.24, 2.45) is 0 Å². The summed E-state index contributed by atoms with van der Waals surface area (Å²) in [5.74, 6) is 0.316. The molecule has 1 heterocycles. The number of benzene rings is 2. The van der Waals surface area contributed by atoms with Gasteiger partial charge in [0.2, 0.25) is 5.91 Å². The minimum Gasteiger partial charge on any atom is -0.360 e. The summed E-state index contributed by atoms with van der Waals surface area (Å²) in [4.78, 5) is 24.9. The standard InChI is InChI=1S/C19H16FN3O3S/c1-12-10-17(23-26-12)22-18(24)11-27-16-8-6-15(7-9-16)21-19(25)13-2-4-14(20)5-3-13/h2-10H,11H2,1H3,(H,21,25)(H,22,23,24). The third-order valence-electron chi connectivity index (χ3n) is 3.48. The molecule has 0 aliphatic rings. The zero-order chi connectivity index (χ0) is 19.2. The number of carbonyl (C=O) groups is 2. The fourth-order valence-corrected chi connectivity index (χ4v) is 2.89. The number of nitrogens with one attached hydrogen (secondary N) is 2. The highest BCUT2D eigenvalue weighted by atomic mass is 32.2. The number of hydrogen-bond acceptors (Lipinski definition) is 5. The molecule has 8 heteroatoms. The van der Waals surface area contributed by atoms with Gasteiger partial charge in [-0.2, -0.15) is 0 Å². The molecule has 6 nitrogen and oxygen atoms in total. The Bertz CT molecular complexity index is 940. The summed E-state index contributed by atoms with van der Waals surface area (Å²) in [6, 6.07) is 14.0. The number of carbonyl (C=O) groups excluding carboxylic acids is 2. The van der Waals surface area contributed by atoms with Gasteiger partial charge in [0.15, 0.2) is 5.82 Å². The molecule has 2 aromatic carbocycles. The highest BCUT2D eigenvalue weighted by molar-refractivity contribution is 8.00. The number of rotatable bonds is 6. The number of thioether (sulfide) groups is 1. The number of amides is 2. The van der Waals surface area contributed by atoms with Gasteiger partial charge in [-0.3, -0.25) is 9.59 Å². The fraction of sp³-hybridized carbons (Fsp3) is 0.105. The minimum atomic E-state index is -0.393. The van der Waals surface area contributed by atoms with E-state index in [4.69, 9.17) is 4.52 Å². The van der Waals surface area contributed by atoms with E-state index in [9.17, 15) is 14.0 Å². The van der Waals surface area contributed by atoms with Crippen LogP contribution in [0.4, 0.5) is 15.9 Å². The molecule has 2 amide bonds. The average molecular weight is 385 g/mol. The maximum atomic E-state index is 12.9. The van der Waals surface area contributed by atoms with Crippen molar-refractivity contribution in [1.29, 1.82) is 0 Å². The molecular weight excluding hydrogens is 369 g/mol. The summed E-state index contributed by atoms with van der Waals surface area (Å²) in [5.41, 5.74) is 0.978. The lowest BCUT2D eigenvalue weighted by Gasteiger charge is -2.07.